The molecule has 0 heterocycles. The Morgan fingerprint density at radius 1 is 1.27 bits per heavy atom. The lowest BCUT2D eigenvalue weighted by molar-refractivity contribution is -0.00803. The van der Waals surface area contributed by atoms with Gasteiger partial charge < -0.3 is 5.11 Å². The molecule has 0 bridgehead atoms. The van der Waals surface area contributed by atoms with Gasteiger partial charge in [-0.05, 0) is 90.9 Å². The Morgan fingerprint density at radius 2 is 2.04 bits per heavy atom. The highest BCUT2D eigenvalue weighted by atomic mass is 32.2. The van der Waals surface area contributed by atoms with E-state index in [2.05, 4.69) is 19.9 Å². The summed E-state index contributed by atoms with van der Waals surface area (Å²) in [7, 11) is -3.92. The molecule has 26 heavy (non-hydrogen) atoms. The zero-order chi connectivity index (χ0) is 18.7. The van der Waals surface area contributed by atoms with E-state index in [1.165, 1.54) is 11.1 Å². The Labute approximate surface area is 156 Å². The number of hydrogen-bond acceptors (Lipinski definition) is 4. The first-order valence-corrected chi connectivity index (χ1v) is 11.3. The molecule has 0 unspecified atom stereocenters. The van der Waals surface area contributed by atoms with E-state index in [0.29, 0.717) is 23.5 Å². The van der Waals surface area contributed by atoms with E-state index in [0.717, 1.165) is 50.5 Å². The zero-order valence-corrected chi connectivity index (χ0v) is 16.4. The third kappa shape index (κ3) is 2.86. The van der Waals surface area contributed by atoms with Crippen LogP contribution in [0.25, 0.3) is 0 Å². The number of phenolic OH excluding ortho intramolecular Hbond substituents is 1. The van der Waals surface area contributed by atoms with Gasteiger partial charge in [-0.15, -0.1) is 0 Å². The number of hydrogen-bond donors (Lipinski definition) is 2. The monoisotopic (exact) mass is 379 g/mol. The van der Waals surface area contributed by atoms with Gasteiger partial charge in [0, 0.05) is 0 Å². The Balaban J connectivity index is 1.65. The van der Waals surface area contributed by atoms with Crippen molar-refractivity contribution in [3.8, 4) is 5.75 Å². The summed E-state index contributed by atoms with van der Waals surface area (Å²) in [6.07, 6.45) is 6.41. The maximum absolute atomic E-state index is 11.5. The SMILES string of the molecule is CCc1cc2c(cc1O)CC[C@@H]1[C@@H]2CC[C@]2(C)[C@@H](OS(N)(=O)=O)CC[C@@H]12. The van der Waals surface area contributed by atoms with Crippen LogP contribution in [0.1, 0.15) is 68.6 Å². The smallest absolute Gasteiger partial charge is 0.333 e. The molecule has 3 aliphatic carbocycles. The van der Waals surface area contributed by atoms with Gasteiger partial charge in [-0.25, -0.2) is 5.14 Å². The van der Waals surface area contributed by atoms with E-state index in [1.54, 1.807) is 0 Å². The van der Waals surface area contributed by atoms with E-state index in [4.69, 9.17) is 9.32 Å². The van der Waals surface area contributed by atoms with Crippen molar-refractivity contribution in [2.24, 2.45) is 22.4 Å². The highest BCUT2D eigenvalue weighted by molar-refractivity contribution is 7.84. The molecule has 3 N–H and O–H groups in total. The fourth-order valence-corrected chi connectivity index (χ4v) is 6.85. The van der Waals surface area contributed by atoms with Gasteiger partial charge in [0.05, 0.1) is 6.10 Å². The summed E-state index contributed by atoms with van der Waals surface area (Å²) in [5, 5.41) is 15.4. The quantitative estimate of drug-likeness (QED) is 0.842. The molecule has 0 saturated heterocycles. The first kappa shape index (κ1) is 18.3. The Bertz CT molecular complexity index is 821. The summed E-state index contributed by atoms with van der Waals surface area (Å²) in [4.78, 5) is 0. The van der Waals surface area contributed by atoms with E-state index in [1.807, 2.05) is 6.07 Å². The second kappa shape index (κ2) is 6.21. The molecule has 0 radical (unpaired) electrons. The second-order valence-corrected chi connectivity index (χ2v) is 9.83. The molecule has 0 spiro atoms. The highest BCUT2D eigenvalue weighted by Crippen LogP contribution is 2.61. The summed E-state index contributed by atoms with van der Waals surface area (Å²) in [5.41, 5.74) is 3.61. The summed E-state index contributed by atoms with van der Waals surface area (Å²) in [6, 6.07) is 4.19. The first-order chi connectivity index (χ1) is 12.2. The van der Waals surface area contributed by atoms with Crippen LogP contribution in [-0.2, 0) is 27.3 Å². The van der Waals surface area contributed by atoms with Gasteiger partial charge in [-0.2, -0.15) is 8.42 Å². The summed E-state index contributed by atoms with van der Waals surface area (Å²) in [6.45, 7) is 4.27. The van der Waals surface area contributed by atoms with Gasteiger partial charge in [0.1, 0.15) is 5.75 Å². The predicted molar refractivity (Wildman–Crippen MR) is 100 cm³/mol. The van der Waals surface area contributed by atoms with Crippen LogP contribution in [0.3, 0.4) is 0 Å². The summed E-state index contributed by atoms with van der Waals surface area (Å²) >= 11 is 0. The Kier molecular flexibility index (Phi) is 4.36. The van der Waals surface area contributed by atoms with Crippen molar-refractivity contribution in [1.29, 1.82) is 0 Å². The topological polar surface area (TPSA) is 89.6 Å². The van der Waals surface area contributed by atoms with Gasteiger partial charge in [0.25, 0.3) is 0 Å². The molecular formula is C20H29NO4S. The third-order valence-electron chi connectivity index (χ3n) is 7.47. The largest absolute Gasteiger partial charge is 0.508 e. The van der Waals surface area contributed by atoms with Crippen molar-refractivity contribution < 1.29 is 17.7 Å². The molecule has 2 fully saturated rings. The molecule has 6 heteroatoms. The van der Waals surface area contributed by atoms with Crippen LogP contribution in [0.2, 0.25) is 0 Å². The second-order valence-electron chi connectivity index (χ2n) is 8.65. The molecule has 5 atom stereocenters. The number of nitrogens with two attached hydrogens (primary N) is 1. The minimum atomic E-state index is -3.92. The number of benzene rings is 1. The molecular weight excluding hydrogens is 350 g/mol. The average Bonchev–Trinajstić information content (AvgIpc) is 2.89. The number of rotatable bonds is 3. The molecule has 144 valence electrons. The zero-order valence-electron chi connectivity index (χ0n) is 15.6. The van der Waals surface area contributed by atoms with Crippen molar-refractivity contribution in [2.45, 2.75) is 70.8 Å². The van der Waals surface area contributed by atoms with Crippen molar-refractivity contribution >= 4 is 10.3 Å². The lowest BCUT2D eigenvalue weighted by atomic mass is 9.55. The fourth-order valence-electron chi connectivity index (χ4n) is 6.21. The molecule has 3 aliphatic rings. The molecule has 5 nitrogen and oxygen atoms in total. The van der Waals surface area contributed by atoms with Crippen LogP contribution in [0.5, 0.6) is 5.75 Å². The van der Waals surface area contributed by atoms with Gasteiger partial charge in [-0.1, -0.05) is 19.9 Å². The minimum absolute atomic E-state index is 0.115. The molecule has 2 saturated carbocycles. The molecule has 0 aromatic heterocycles. The van der Waals surface area contributed by atoms with Gasteiger partial charge in [0.15, 0.2) is 0 Å². The van der Waals surface area contributed by atoms with Crippen LogP contribution < -0.4 is 5.14 Å². The fraction of sp³-hybridized carbons (Fsp3) is 0.700. The number of aromatic hydroxyl groups is 1. The maximum atomic E-state index is 11.5. The normalized spacial score (nSPS) is 36.3. The maximum Gasteiger partial charge on any atom is 0.333 e. The first-order valence-electron chi connectivity index (χ1n) is 9.78. The van der Waals surface area contributed by atoms with Crippen LogP contribution in [-0.4, -0.2) is 19.6 Å². The number of fused-ring (bicyclic) bond motifs is 5. The van der Waals surface area contributed by atoms with Gasteiger partial charge >= 0.3 is 10.3 Å². The lowest BCUT2D eigenvalue weighted by Crippen LogP contribution is -2.45. The predicted octanol–water partition coefficient (Wildman–Crippen LogP) is 3.40. The van der Waals surface area contributed by atoms with E-state index >= 15 is 0 Å². The van der Waals surface area contributed by atoms with Gasteiger partial charge in [0.2, 0.25) is 0 Å². The molecule has 1 aromatic rings. The highest BCUT2D eigenvalue weighted by Gasteiger charge is 2.56. The molecule has 1 aromatic carbocycles. The number of phenols is 1. The van der Waals surface area contributed by atoms with Crippen LogP contribution in [0.4, 0.5) is 0 Å². The van der Waals surface area contributed by atoms with Crippen molar-refractivity contribution in [3.63, 3.8) is 0 Å². The number of aryl methyl sites for hydroxylation is 2. The Hall–Kier alpha value is -1.11. The summed E-state index contributed by atoms with van der Waals surface area (Å²) in [5.74, 6) is 1.97. The molecule has 4 rings (SSSR count). The van der Waals surface area contributed by atoms with Crippen LogP contribution in [0.15, 0.2) is 12.1 Å². The lowest BCUT2D eigenvalue weighted by Gasteiger charge is -2.50. The van der Waals surface area contributed by atoms with Gasteiger partial charge in [-0.3, -0.25) is 4.18 Å². The van der Waals surface area contributed by atoms with Crippen LogP contribution in [0, 0.1) is 17.3 Å². The third-order valence-corrected chi connectivity index (χ3v) is 7.97. The summed E-state index contributed by atoms with van der Waals surface area (Å²) < 4.78 is 28.3. The van der Waals surface area contributed by atoms with E-state index in [9.17, 15) is 13.5 Å². The van der Waals surface area contributed by atoms with Crippen LogP contribution >= 0.6 is 0 Å². The minimum Gasteiger partial charge on any atom is -0.508 e. The van der Waals surface area contributed by atoms with Crippen molar-refractivity contribution in [3.05, 3.63) is 28.8 Å². The molecule has 0 aliphatic heterocycles. The van der Waals surface area contributed by atoms with Crippen molar-refractivity contribution in [1.82, 2.24) is 0 Å². The van der Waals surface area contributed by atoms with E-state index < -0.39 is 10.3 Å². The molecule has 0 amide bonds. The standard InChI is InChI=1S/C20H29NO4S/c1-3-12-10-16-13(11-18(12)22)4-5-15-14(16)8-9-20(2)17(15)6-7-19(20)25-26(21,23)24/h10-11,14-15,17,19,22H,3-9H2,1-2H3,(H2,21,23,24)/t14-,15+,17-,19-,20-/m0/s1. The Morgan fingerprint density at radius 3 is 2.73 bits per heavy atom. The average molecular weight is 380 g/mol. The van der Waals surface area contributed by atoms with E-state index in [-0.39, 0.29) is 11.5 Å². The van der Waals surface area contributed by atoms with Crippen molar-refractivity contribution in [2.75, 3.05) is 0 Å².